The van der Waals surface area contributed by atoms with Crippen molar-refractivity contribution in [2.45, 2.75) is 24.5 Å². The van der Waals surface area contributed by atoms with Crippen LogP contribution in [-0.4, -0.2) is 83.3 Å². The molecule has 3 aliphatic carbocycles. The largest absolute Gasteiger partial charge is 0.507 e. The Morgan fingerprint density at radius 2 is 1.74 bits per heavy atom. The zero-order valence-corrected chi connectivity index (χ0v) is 22.1. The Bertz CT molecular complexity index is 1480. The van der Waals surface area contributed by atoms with Crippen LogP contribution < -0.4 is 10.6 Å². The second-order valence-corrected chi connectivity index (χ2v) is 11.0. The van der Waals surface area contributed by atoms with E-state index in [0.717, 1.165) is 16.8 Å². The summed E-state index contributed by atoms with van der Waals surface area (Å²) in [5.41, 5.74) is 5.64. The maximum Gasteiger partial charge on any atom is 0.235 e. The summed E-state index contributed by atoms with van der Waals surface area (Å²) >= 11 is 0. The van der Waals surface area contributed by atoms with Crippen LogP contribution in [-0.2, 0) is 25.6 Å². The Labute approximate surface area is 225 Å². The van der Waals surface area contributed by atoms with Gasteiger partial charge in [0.15, 0.2) is 23.1 Å². The molecule has 5 rings (SSSR count). The number of nitrogens with zero attached hydrogens (tertiary/aromatic N) is 2. The topological polar surface area (TPSA) is 161 Å². The van der Waals surface area contributed by atoms with E-state index in [0.29, 0.717) is 5.56 Å². The number of rotatable bonds is 4. The minimum absolute atomic E-state index is 0.0136. The standard InChI is InChI=1S/C29H31N3O7/c1-31(2)15-7-5-6-13(10-15)16-8-9-19(33)21-17(16)11-14-12-18-23(32(3)4)25(35)22(28(30)38)27(37)29(18,39)26(36)20(14)24(21)34/h5-10,14,18,22-23,33-34,39H,11-12H2,1-4H3,(H2,30,38)/t14-,18-,22?,23-,29-/m0/s1. The van der Waals surface area contributed by atoms with Crippen molar-refractivity contribution in [2.24, 2.45) is 23.5 Å². The summed E-state index contributed by atoms with van der Waals surface area (Å²) in [7, 11) is 6.96. The normalized spacial score (nSPS) is 28.2. The molecule has 5 atom stereocenters. The van der Waals surface area contributed by atoms with E-state index in [9.17, 15) is 34.5 Å². The van der Waals surface area contributed by atoms with Crippen LogP contribution in [0.2, 0.25) is 0 Å². The number of anilines is 1. The molecule has 0 heterocycles. The summed E-state index contributed by atoms with van der Waals surface area (Å²) in [4.78, 5) is 56.0. The number of carbonyl (C=O) groups is 4. The summed E-state index contributed by atoms with van der Waals surface area (Å²) in [6.07, 6.45) is 0.227. The fraction of sp³-hybridized carbons (Fsp3) is 0.379. The Balaban J connectivity index is 1.70. The molecule has 1 amide bonds. The van der Waals surface area contributed by atoms with Gasteiger partial charge >= 0.3 is 0 Å². The van der Waals surface area contributed by atoms with Crippen LogP contribution in [0.3, 0.4) is 0 Å². The van der Waals surface area contributed by atoms with E-state index >= 15 is 0 Å². The Morgan fingerprint density at radius 1 is 1.05 bits per heavy atom. The second-order valence-electron chi connectivity index (χ2n) is 11.0. The molecular weight excluding hydrogens is 502 g/mol. The number of amides is 1. The maximum absolute atomic E-state index is 13.9. The van der Waals surface area contributed by atoms with Crippen LogP contribution in [0, 0.1) is 17.8 Å². The van der Waals surface area contributed by atoms with Crippen molar-refractivity contribution in [2.75, 3.05) is 33.1 Å². The molecule has 10 heteroatoms. The van der Waals surface area contributed by atoms with Crippen LogP contribution in [0.25, 0.3) is 16.9 Å². The maximum atomic E-state index is 13.9. The molecule has 0 saturated heterocycles. The first-order chi connectivity index (χ1) is 18.3. The quantitative estimate of drug-likeness (QED) is 0.421. The molecule has 2 aromatic rings. The van der Waals surface area contributed by atoms with Gasteiger partial charge < -0.3 is 26.0 Å². The van der Waals surface area contributed by atoms with Crippen molar-refractivity contribution in [3.05, 3.63) is 53.1 Å². The number of ketones is 3. The molecule has 5 N–H and O–H groups in total. The van der Waals surface area contributed by atoms with E-state index < -0.39 is 58.4 Å². The second kappa shape index (κ2) is 9.03. The van der Waals surface area contributed by atoms with Crippen molar-refractivity contribution in [1.82, 2.24) is 4.90 Å². The number of aromatic hydroxyl groups is 1. The van der Waals surface area contributed by atoms with Gasteiger partial charge in [0.05, 0.1) is 11.6 Å². The molecule has 0 aliphatic heterocycles. The highest BCUT2D eigenvalue weighted by Crippen LogP contribution is 2.52. The summed E-state index contributed by atoms with van der Waals surface area (Å²) in [5, 5.41) is 33.9. The van der Waals surface area contributed by atoms with E-state index in [2.05, 4.69) is 0 Å². The first kappa shape index (κ1) is 26.6. The average molecular weight is 534 g/mol. The third-order valence-electron chi connectivity index (χ3n) is 8.42. The van der Waals surface area contributed by atoms with Crippen molar-refractivity contribution < 1.29 is 34.5 Å². The third kappa shape index (κ3) is 3.70. The number of primary amides is 1. The van der Waals surface area contributed by atoms with E-state index in [4.69, 9.17) is 5.73 Å². The molecule has 2 saturated carbocycles. The van der Waals surface area contributed by atoms with Gasteiger partial charge in [-0.3, -0.25) is 24.1 Å². The van der Waals surface area contributed by atoms with E-state index in [1.807, 2.05) is 43.3 Å². The Kier molecular flexibility index (Phi) is 6.15. The highest BCUT2D eigenvalue weighted by atomic mass is 16.3. The molecule has 1 unspecified atom stereocenters. The van der Waals surface area contributed by atoms with Crippen LogP contribution in [0.5, 0.6) is 5.75 Å². The number of likely N-dealkylation sites (N-methyl/N-ethyl adjacent to an activating group) is 1. The van der Waals surface area contributed by atoms with Gasteiger partial charge in [-0.1, -0.05) is 18.2 Å². The smallest absolute Gasteiger partial charge is 0.235 e. The lowest BCUT2D eigenvalue weighted by molar-refractivity contribution is -0.175. The van der Waals surface area contributed by atoms with Crippen molar-refractivity contribution in [3.63, 3.8) is 0 Å². The highest BCUT2D eigenvalue weighted by molar-refractivity contribution is 6.32. The van der Waals surface area contributed by atoms with Crippen LogP contribution in [0.15, 0.2) is 42.0 Å². The lowest BCUT2D eigenvalue weighted by Crippen LogP contribution is -2.72. The molecule has 3 aliphatic rings. The molecule has 2 aromatic carbocycles. The summed E-state index contributed by atoms with van der Waals surface area (Å²) in [6, 6.07) is 9.77. The molecule has 2 fully saturated rings. The van der Waals surface area contributed by atoms with Gasteiger partial charge in [0.2, 0.25) is 11.7 Å². The van der Waals surface area contributed by atoms with E-state index in [1.54, 1.807) is 20.2 Å². The summed E-state index contributed by atoms with van der Waals surface area (Å²) in [5.74, 6) is -8.91. The van der Waals surface area contributed by atoms with Crippen LogP contribution in [0.4, 0.5) is 5.69 Å². The number of benzene rings is 2. The monoisotopic (exact) mass is 533 g/mol. The number of carbonyl (C=O) groups excluding carboxylic acids is 4. The van der Waals surface area contributed by atoms with E-state index in [1.165, 1.54) is 11.0 Å². The molecule has 0 spiro atoms. The van der Waals surface area contributed by atoms with Crippen LogP contribution >= 0.6 is 0 Å². The molecule has 39 heavy (non-hydrogen) atoms. The van der Waals surface area contributed by atoms with Gasteiger partial charge in [-0.2, -0.15) is 0 Å². The Hall–Kier alpha value is -4.02. The van der Waals surface area contributed by atoms with Gasteiger partial charge in [0.25, 0.3) is 0 Å². The Morgan fingerprint density at radius 3 is 2.36 bits per heavy atom. The minimum atomic E-state index is -2.73. The van der Waals surface area contributed by atoms with Gasteiger partial charge in [0.1, 0.15) is 11.5 Å². The predicted octanol–water partition coefficient (Wildman–Crippen LogP) is 1.07. The van der Waals surface area contributed by atoms with Gasteiger partial charge in [-0.15, -0.1) is 0 Å². The number of phenols is 1. The predicted molar refractivity (Wildman–Crippen MR) is 143 cm³/mol. The highest BCUT2D eigenvalue weighted by Gasteiger charge is 2.67. The van der Waals surface area contributed by atoms with E-state index in [-0.39, 0.29) is 29.7 Å². The molecule has 204 valence electrons. The number of hydrogen-bond acceptors (Lipinski definition) is 9. The molecule has 0 aromatic heterocycles. The number of aliphatic hydroxyl groups is 2. The zero-order chi connectivity index (χ0) is 28.5. The molecule has 0 radical (unpaired) electrons. The van der Waals surface area contributed by atoms with Crippen molar-refractivity contribution in [3.8, 4) is 16.9 Å². The number of aliphatic hydroxyl groups excluding tert-OH is 1. The fourth-order valence-electron chi connectivity index (χ4n) is 6.61. The number of nitrogens with two attached hydrogens (primary N) is 1. The van der Waals surface area contributed by atoms with Gasteiger partial charge in [-0.05, 0) is 67.7 Å². The number of phenolic OH excluding ortho intramolecular Hbond substituents is 1. The third-order valence-corrected chi connectivity index (χ3v) is 8.42. The molecular formula is C29H31N3O7. The summed E-state index contributed by atoms with van der Waals surface area (Å²) in [6.45, 7) is 0. The van der Waals surface area contributed by atoms with Crippen molar-refractivity contribution >= 4 is 34.7 Å². The molecule has 10 nitrogen and oxygen atoms in total. The van der Waals surface area contributed by atoms with Crippen LogP contribution in [0.1, 0.15) is 17.5 Å². The first-order valence-electron chi connectivity index (χ1n) is 12.7. The van der Waals surface area contributed by atoms with Gasteiger partial charge in [-0.25, -0.2) is 0 Å². The zero-order valence-electron chi connectivity index (χ0n) is 22.1. The average Bonchev–Trinajstić information content (AvgIpc) is 2.86. The SMILES string of the molecule is CN(C)c1cccc(-c2ccc(O)c3c2C[C@H]2C[C@H]4[C@H](N(C)C)C(=O)C(C(N)=O)C(=O)[C@@]4(O)C(=O)C2=C3O)c1. The lowest BCUT2D eigenvalue weighted by Gasteiger charge is -2.51. The lowest BCUT2D eigenvalue weighted by atomic mass is 9.54. The van der Waals surface area contributed by atoms with Gasteiger partial charge in [0, 0.05) is 31.3 Å². The number of Topliss-reactive ketones (excluding diaryl/α,β-unsaturated/α-hetero) is 3. The van der Waals surface area contributed by atoms with Crippen molar-refractivity contribution in [1.29, 1.82) is 0 Å². The first-order valence-corrected chi connectivity index (χ1v) is 12.7. The fourth-order valence-corrected chi connectivity index (χ4v) is 6.61. The number of hydrogen-bond donors (Lipinski definition) is 4. The number of fused-ring (bicyclic) bond motifs is 3. The minimum Gasteiger partial charge on any atom is -0.507 e. The molecule has 0 bridgehead atoms. The summed E-state index contributed by atoms with van der Waals surface area (Å²) < 4.78 is 0.